The number of amides is 1. The Morgan fingerprint density at radius 2 is 1.15 bits per heavy atom. The summed E-state index contributed by atoms with van der Waals surface area (Å²) < 4.78 is 8.17. The fourth-order valence-corrected chi connectivity index (χ4v) is 2.87. The molecule has 4 nitrogen and oxygen atoms in total. The molecule has 0 aliphatic rings. The van der Waals surface area contributed by atoms with Gasteiger partial charge in [-0.05, 0) is 43.0 Å². The van der Waals surface area contributed by atoms with E-state index in [1.807, 2.05) is 45.0 Å². The van der Waals surface area contributed by atoms with Gasteiger partial charge in [-0.1, -0.05) is 82.9 Å². The van der Waals surface area contributed by atoms with Crippen molar-refractivity contribution in [1.82, 2.24) is 5.43 Å². The Balaban J connectivity index is 0.000000248. The molecule has 0 saturated heterocycles. The molecule has 0 saturated carbocycles. The number of carbonyl (C=O) groups excluding carboxylic acids is 1. The summed E-state index contributed by atoms with van der Waals surface area (Å²) in [5, 5.41) is 0. The van der Waals surface area contributed by atoms with Crippen LogP contribution in [-0.2, 0) is 4.57 Å². The molecule has 0 aromatic heterocycles. The molecule has 1 unspecified atom stereocenters. The van der Waals surface area contributed by atoms with Crippen molar-refractivity contribution < 1.29 is 9.36 Å². The molecule has 3 aromatic carbocycles. The van der Waals surface area contributed by atoms with Crippen LogP contribution in [0.15, 0.2) is 72.8 Å². The average Bonchev–Trinajstić information content (AvgIpc) is 2.70. The quantitative estimate of drug-likeness (QED) is 0.290. The van der Waals surface area contributed by atoms with Gasteiger partial charge in [-0.2, -0.15) is 0 Å². The van der Waals surface area contributed by atoms with Gasteiger partial charge < -0.3 is 0 Å². The molecule has 0 spiro atoms. The Morgan fingerprint density at radius 3 is 1.48 bits per heavy atom. The second-order valence-electron chi connectivity index (χ2n) is 5.98. The van der Waals surface area contributed by atoms with Crippen molar-refractivity contribution in [3.8, 4) is 11.1 Å². The molecule has 3 N–H and O–H groups in total. The highest BCUT2D eigenvalue weighted by Gasteiger charge is 2.10. The van der Waals surface area contributed by atoms with Gasteiger partial charge in [0.1, 0.15) is 0 Å². The Morgan fingerprint density at radius 1 is 0.778 bits per heavy atom. The van der Waals surface area contributed by atoms with Crippen LogP contribution in [0.1, 0.15) is 27.0 Å². The van der Waals surface area contributed by atoms with Crippen molar-refractivity contribution in [3.63, 3.8) is 0 Å². The summed E-state index contributed by atoms with van der Waals surface area (Å²) in [5.41, 5.74) is 8.44. The van der Waals surface area contributed by atoms with Crippen molar-refractivity contribution >= 4 is 15.0 Å². The smallest absolute Gasteiger partial charge is 0.290 e. The minimum atomic E-state index is -0.227. The zero-order chi connectivity index (χ0) is 20.2. The van der Waals surface area contributed by atoms with Gasteiger partial charge in [0.15, 0.2) is 0 Å². The van der Waals surface area contributed by atoms with Crippen LogP contribution in [0, 0.1) is 20.8 Å². The zero-order valence-corrected chi connectivity index (χ0v) is 17.1. The van der Waals surface area contributed by atoms with Gasteiger partial charge in [0, 0.05) is 5.56 Å². The fourth-order valence-electron chi connectivity index (χ4n) is 2.87. The van der Waals surface area contributed by atoms with Crippen LogP contribution in [0.25, 0.3) is 11.1 Å². The molecule has 0 heterocycles. The molecule has 0 bridgehead atoms. The second kappa shape index (κ2) is 11.7. The van der Waals surface area contributed by atoms with Gasteiger partial charge in [-0.3, -0.25) is 10.2 Å². The SMILES string of the molecule is Cc1cc(C)c(C(=O)NN)c(C)c1.O=[PH2+].c1ccc(-c2ccccc2)cc1. The van der Waals surface area contributed by atoms with Gasteiger partial charge in [0.2, 0.25) is 0 Å². The van der Waals surface area contributed by atoms with E-state index in [0.29, 0.717) is 5.56 Å². The standard InChI is InChI=1S/C12H10.C10H14N2O.H2OP/c1-3-7-11(8-4-1)12-9-5-2-6-10-12;1-6-4-7(2)9(8(3)5-6)10(13)12-11;1-2/h1-10H;4-5H,11H2,1-3H3,(H,12,13);2H2/q;;+1. The van der Waals surface area contributed by atoms with Crippen molar-refractivity contribution in [1.29, 1.82) is 0 Å². The number of nitrogens with two attached hydrogens (primary N) is 1. The highest BCUT2D eigenvalue weighted by molar-refractivity contribution is 7.00. The van der Waals surface area contributed by atoms with Crippen LogP contribution in [-0.4, -0.2) is 5.91 Å². The first-order valence-electron chi connectivity index (χ1n) is 8.45. The van der Waals surface area contributed by atoms with Crippen LogP contribution >= 0.6 is 9.12 Å². The maximum absolute atomic E-state index is 11.3. The summed E-state index contributed by atoms with van der Waals surface area (Å²) in [6.07, 6.45) is 0. The molecule has 0 fully saturated rings. The van der Waals surface area contributed by atoms with E-state index in [4.69, 9.17) is 10.4 Å². The molecule has 1 amide bonds. The van der Waals surface area contributed by atoms with E-state index in [2.05, 4.69) is 54.0 Å². The number of carbonyl (C=O) groups is 1. The molecular formula is C22H26N2O2P+. The number of benzene rings is 3. The molecular weight excluding hydrogens is 355 g/mol. The molecule has 5 heteroatoms. The first-order valence-corrected chi connectivity index (χ1v) is 8.93. The van der Waals surface area contributed by atoms with E-state index >= 15 is 0 Å². The second-order valence-corrected chi connectivity index (χ2v) is 5.98. The molecule has 0 aliphatic heterocycles. The summed E-state index contributed by atoms with van der Waals surface area (Å²) in [6, 6.07) is 24.7. The van der Waals surface area contributed by atoms with E-state index in [-0.39, 0.29) is 5.91 Å². The summed E-state index contributed by atoms with van der Waals surface area (Å²) in [5.74, 6) is 4.85. The lowest BCUT2D eigenvalue weighted by Gasteiger charge is -2.08. The van der Waals surface area contributed by atoms with Gasteiger partial charge in [-0.25, -0.2) is 5.84 Å². The highest BCUT2D eigenvalue weighted by Crippen LogP contribution is 2.17. The average molecular weight is 381 g/mol. The summed E-state index contributed by atoms with van der Waals surface area (Å²) in [6.45, 7) is 5.82. The van der Waals surface area contributed by atoms with E-state index in [1.54, 1.807) is 0 Å². The van der Waals surface area contributed by atoms with Crippen molar-refractivity contribution in [2.75, 3.05) is 0 Å². The molecule has 0 aliphatic carbocycles. The predicted molar refractivity (Wildman–Crippen MR) is 115 cm³/mol. The molecule has 27 heavy (non-hydrogen) atoms. The topological polar surface area (TPSA) is 72.2 Å². The summed E-state index contributed by atoms with van der Waals surface area (Å²) in [7, 11) is 1.17. The summed E-state index contributed by atoms with van der Waals surface area (Å²) >= 11 is 0. The van der Waals surface area contributed by atoms with Crippen LogP contribution < -0.4 is 11.3 Å². The molecule has 3 aromatic rings. The number of rotatable bonds is 2. The maximum atomic E-state index is 11.3. The number of hydrogen-bond donors (Lipinski definition) is 2. The van der Waals surface area contributed by atoms with E-state index in [0.717, 1.165) is 16.7 Å². The Labute approximate surface area is 163 Å². The molecule has 1 atom stereocenters. The van der Waals surface area contributed by atoms with E-state index < -0.39 is 0 Å². The van der Waals surface area contributed by atoms with Crippen LogP contribution in [0.5, 0.6) is 0 Å². The number of nitrogen functional groups attached to an aromatic ring is 1. The first-order chi connectivity index (χ1) is 13.0. The Bertz CT molecular complexity index is 792. The van der Waals surface area contributed by atoms with Gasteiger partial charge >= 0.3 is 9.12 Å². The highest BCUT2D eigenvalue weighted by atomic mass is 31.0. The first kappa shape index (κ1) is 22.2. The minimum Gasteiger partial charge on any atom is -0.290 e. The Kier molecular flexibility index (Phi) is 9.66. The van der Waals surface area contributed by atoms with Gasteiger partial charge in [-0.15, -0.1) is 0 Å². The van der Waals surface area contributed by atoms with Gasteiger partial charge in [0.05, 0.1) is 0 Å². The lowest BCUT2D eigenvalue weighted by atomic mass is 9.99. The third kappa shape index (κ3) is 6.78. The largest absolute Gasteiger partial charge is 0.310 e. The number of nitrogens with one attached hydrogen (secondary N) is 1. The lowest BCUT2D eigenvalue weighted by molar-refractivity contribution is 0.0952. The molecule has 0 radical (unpaired) electrons. The third-order valence-corrected chi connectivity index (χ3v) is 3.92. The fraction of sp³-hybridized carbons (Fsp3) is 0.136. The van der Waals surface area contributed by atoms with E-state index in [9.17, 15) is 4.79 Å². The predicted octanol–water partition coefficient (Wildman–Crippen LogP) is 4.78. The van der Waals surface area contributed by atoms with Gasteiger partial charge in [0.25, 0.3) is 5.91 Å². The number of aryl methyl sites for hydroxylation is 3. The van der Waals surface area contributed by atoms with Crippen LogP contribution in [0.4, 0.5) is 0 Å². The molecule has 140 valence electrons. The Hall–Kier alpha value is -2.81. The van der Waals surface area contributed by atoms with Crippen molar-refractivity contribution in [2.24, 2.45) is 5.84 Å². The zero-order valence-electron chi connectivity index (χ0n) is 15.9. The number of hydrazine groups is 1. The number of hydrogen-bond acceptors (Lipinski definition) is 3. The van der Waals surface area contributed by atoms with Crippen LogP contribution in [0.2, 0.25) is 0 Å². The minimum absolute atomic E-state index is 0.227. The van der Waals surface area contributed by atoms with Crippen molar-refractivity contribution in [3.05, 3.63) is 95.1 Å². The van der Waals surface area contributed by atoms with E-state index in [1.165, 1.54) is 20.2 Å². The molecule has 3 rings (SSSR count). The van der Waals surface area contributed by atoms with Crippen molar-refractivity contribution in [2.45, 2.75) is 20.8 Å². The lowest BCUT2D eigenvalue weighted by Crippen LogP contribution is -2.31. The monoisotopic (exact) mass is 381 g/mol. The van der Waals surface area contributed by atoms with Crippen LogP contribution in [0.3, 0.4) is 0 Å². The maximum Gasteiger partial charge on any atom is 0.310 e. The normalized spacial score (nSPS) is 9.19. The summed E-state index contributed by atoms with van der Waals surface area (Å²) in [4.78, 5) is 11.3. The third-order valence-electron chi connectivity index (χ3n) is 3.92.